The molecule has 0 heterocycles. The number of carbonyl (C=O) groups is 2. The standard InChI is InChI=1S/C10H9NO6S/c1-17-9(12)5-18-8-4-6(11(15)16)2-3-7(8)10(13)14/h2-4H,5H2,1H3,(H,13,14). The molecule has 0 bridgehead atoms. The number of benzene rings is 1. The van der Waals surface area contributed by atoms with Gasteiger partial charge in [0.25, 0.3) is 5.69 Å². The highest BCUT2D eigenvalue weighted by atomic mass is 32.2. The van der Waals surface area contributed by atoms with Crippen LogP contribution in [0, 0.1) is 10.1 Å². The lowest BCUT2D eigenvalue weighted by Gasteiger charge is -2.04. The van der Waals surface area contributed by atoms with E-state index < -0.39 is 16.9 Å². The average Bonchev–Trinajstić information content (AvgIpc) is 2.35. The van der Waals surface area contributed by atoms with Gasteiger partial charge in [-0.05, 0) is 6.07 Å². The number of hydrogen-bond donors (Lipinski definition) is 1. The Morgan fingerprint density at radius 2 is 2.17 bits per heavy atom. The quantitative estimate of drug-likeness (QED) is 0.374. The van der Waals surface area contributed by atoms with Crippen LogP contribution in [-0.2, 0) is 9.53 Å². The number of nitrogens with zero attached hydrogens (tertiary/aromatic N) is 1. The zero-order valence-corrected chi connectivity index (χ0v) is 10.1. The van der Waals surface area contributed by atoms with Crippen LogP contribution >= 0.6 is 11.8 Å². The Bertz CT molecular complexity index is 501. The Balaban J connectivity index is 3.03. The zero-order valence-electron chi connectivity index (χ0n) is 9.28. The predicted molar refractivity (Wildman–Crippen MR) is 62.8 cm³/mol. The fourth-order valence-corrected chi connectivity index (χ4v) is 2.02. The topological polar surface area (TPSA) is 107 Å². The molecule has 8 heteroatoms. The van der Waals surface area contributed by atoms with Gasteiger partial charge in [0, 0.05) is 17.0 Å². The second-order valence-corrected chi connectivity index (χ2v) is 4.12. The van der Waals surface area contributed by atoms with Crippen LogP contribution in [0.3, 0.4) is 0 Å². The van der Waals surface area contributed by atoms with E-state index in [1.807, 2.05) is 0 Å². The first kappa shape index (κ1) is 14.0. The van der Waals surface area contributed by atoms with Crippen molar-refractivity contribution >= 4 is 29.4 Å². The minimum absolute atomic E-state index is 0.0884. The Labute approximate surface area is 106 Å². The maximum atomic E-state index is 11.0. The zero-order chi connectivity index (χ0) is 13.7. The second-order valence-electron chi connectivity index (χ2n) is 3.11. The fourth-order valence-electron chi connectivity index (χ4n) is 1.12. The van der Waals surface area contributed by atoms with E-state index in [4.69, 9.17) is 5.11 Å². The fraction of sp³-hybridized carbons (Fsp3) is 0.200. The van der Waals surface area contributed by atoms with Crippen molar-refractivity contribution in [1.82, 2.24) is 0 Å². The van der Waals surface area contributed by atoms with Crippen LogP contribution in [0.4, 0.5) is 5.69 Å². The number of methoxy groups -OCH3 is 1. The molecule has 0 atom stereocenters. The average molecular weight is 271 g/mol. The van der Waals surface area contributed by atoms with E-state index in [1.54, 1.807) is 0 Å². The van der Waals surface area contributed by atoms with Crippen LogP contribution < -0.4 is 0 Å². The van der Waals surface area contributed by atoms with E-state index in [9.17, 15) is 19.7 Å². The Morgan fingerprint density at radius 1 is 1.50 bits per heavy atom. The number of aromatic carboxylic acids is 1. The van der Waals surface area contributed by atoms with Gasteiger partial charge in [-0.25, -0.2) is 4.79 Å². The van der Waals surface area contributed by atoms with Crippen molar-refractivity contribution in [3.05, 3.63) is 33.9 Å². The first-order valence-corrected chi connectivity index (χ1v) is 5.65. The van der Waals surface area contributed by atoms with E-state index in [-0.39, 0.29) is 21.9 Å². The van der Waals surface area contributed by atoms with Gasteiger partial charge >= 0.3 is 11.9 Å². The van der Waals surface area contributed by atoms with Gasteiger partial charge < -0.3 is 9.84 Å². The van der Waals surface area contributed by atoms with Crippen LogP contribution in [0.5, 0.6) is 0 Å². The molecule has 18 heavy (non-hydrogen) atoms. The van der Waals surface area contributed by atoms with Crippen molar-refractivity contribution in [2.24, 2.45) is 0 Å². The number of esters is 1. The minimum Gasteiger partial charge on any atom is -0.478 e. The summed E-state index contributed by atoms with van der Waals surface area (Å²) in [6.45, 7) is 0. The summed E-state index contributed by atoms with van der Waals surface area (Å²) in [7, 11) is 1.20. The van der Waals surface area contributed by atoms with E-state index in [1.165, 1.54) is 7.11 Å². The largest absolute Gasteiger partial charge is 0.478 e. The second kappa shape index (κ2) is 6.01. The van der Waals surface area contributed by atoms with Gasteiger partial charge in [-0.1, -0.05) is 0 Å². The summed E-state index contributed by atoms with van der Waals surface area (Å²) in [6, 6.07) is 3.36. The molecule has 0 spiro atoms. The molecule has 0 aliphatic heterocycles. The summed E-state index contributed by atoms with van der Waals surface area (Å²) in [5.41, 5.74) is -0.318. The van der Waals surface area contributed by atoms with Gasteiger partial charge in [-0.2, -0.15) is 0 Å². The predicted octanol–water partition coefficient (Wildman–Crippen LogP) is 1.56. The van der Waals surface area contributed by atoms with Crippen molar-refractivity contribution in [2.75, 3.05) is 12.9 Å². The molecule has 0 saturated heterocycles. The molecular formula is C10H9NO6S. The van der Waals surface area contributed by atoms with Gasteiger partial charge in [0.1, 0.15) is 0 Å². The third kappa shape index (κ3) is 3.45. The van der Waals surface area contributed by atoms with Gasteiger partial charge in [0.15, 0.2) is 0 Å². The van der Waals surface area contributed by atoms with Gasteiger partial charge in [0.05, 0.1) is 23.3 Å². The lowest BCUT2D eigenvalue weighted by molar-refractivity contribution is -0.385. The third-order valence-electron chi connectivity index (χ3n) is 1.98. The summed E-state index contributed by atoms with van der Waals surface area (Å²) < 4.78 is 4.41. The maximum absolute atomic E-state index is 11.0. The van der Waals surface area contributed by atoms with Crippen molar-refractivity contribution in [3.8, 4) is 0 Å². The molecule has 0 radical (unpaired) electrons. The molecule has 96 valence electrons. The molecule has 1 aromatic rings. The van der Waals surface area contributed by atoms with Crippen molar-refractivity contribution in [2.45, 2.75) is 4.90 Å². The number of non-ortho nitro benzene ring substituents is 1. The lowest BCUT2D eigenvalue weighted by Crippen LogP contribution is -2.05. The van der Waals surface area contributed by atoms with Crippen LogP contribution in [0.15, 0.2) is 23.1 Å². The Hall–Kier alpha value is -2.09. The van der Waals surface area contributed by atoms with Crippen LogP contribution in [0.25, 0.3) is 0 Å². The van der Waals surface area contributed by atoms with Crippen LogP contribution in [-0.4, -0.2) is 34.8 Å². The molecule has 1 rings (SSSR count). The van der Waals surface area contributed by atoms with E-state index in [2.05, 4.69) is 4.74 Å². The molecule has 7 nitrogen and oxygen atoms in total. The Morgan fingerprint density at radius 3 is 2.67 bits per heavy atom. The highest BCUT2D eigenvalue weighted by Crippen LogP contribution is 2.27. The molecule has 0 saturated carbocycles. The SMILES string of the molecule is COC(=O)CSc1cc([N+](=O)[O-])ccc1C(=O)O. The van der Waals surface area contributed by atoms with Crippen molar-refractivity contribution in [1.29, 1.82) is 0 Å². The normalized spacial score (nSPS) is 9.83. The molecule has 0 fully saturated rings. The summed E-state index contributed by atoms with van der Waals surface area (Å²) in [5, 5.41) is 19.5. The number of thioether (sulfide) groups is 1. The number of carbonyl (C=O) groups excluding carboxylic acids is 1. The van der Waals surface area contributed by atoms with E-state index >= 15 is 0 Å². The van der Waals surface area contributed by atoms with Crippen LogP contribution in [0.1, 0.15) is 10.4 Å². The molecule has 1 N–H and O–H groups in total. The number of ether oxygens (including phenoxy) is 1. The monoisotopic (exact) mass is 271 g/mol. The number of nitro groups is 1. The first-order valence-electron chi connectivity index (χ1n) is 4.67. The molecule has 0 aromatic heterocycles. The number of carboxylic acids is 1. The summed E-state index contributed by atoms with van der Waals surface area (Å²) in [6.07, 6.45) is 0. The molecule has 0 aliphatic carbocycles. The third-order valence-corrected chi connectivity index (χ3v) is 3.01. The van der Waals surface area contributed by atoms with Crippen molar-refractivity contribution < 1.29 is 24.4 Å². The molecule has 0 aliphatic rings. The minimum atomic E-state index is -1.21. The number of nitro benzene ring substituents is 1. The molecule has 1 aromatic carbocycles. The van der Waals surface area contributed by atoms with E-state index in [0.717, 1.165) is 30.0 Å². The molecule has 0 amide bonds. The summed E-state index contributed by atoms with van der Waals surface area (Å²) >= 11 is 0.880. The highest BCUT2D eigenvalue weighted by molar-refractivity contribution is 8.00. The number of rotatable bonds is 5. The lowest BCUT2D eigenvalue weighted by atomic mass is 10.2. The van der Waals surface area contributed by atoms with E-state index in [0.29, 0.717) is 0 Å². The summed E-state index contributed by atoms with van der Waals surface area (Å²) in [4.78, 5) is 32.0. The van der Waals surface area contributed by atoms with Gasteiger partial charge in [0.2, 0.25) is 0 Å². The highest BCUT2D eigenvalue weighted by Gasteiger charge is 2.16. The molecule has 0 unspecified atom stereocenters. The maximum Gasteiger partial charge on any atom is 0.336 e. The number of carboxylic acid groups (broad SMARTS) is 1. The summed E-state index contributed by atoms with van der Waals surface area (Å²) in [5.74, 6) is -1.86. The molecular weight excluding hydrogens is 262 g/mol. The Kier molecular flexibility index (Phi) is 4.67. The number of hydrogen-bond acceptors (Lipinski definition) is 6. The van der Waals surface area contributed by atoms with Gasteiger partial charge in [-0.3, -0.25) is 14.9 Å². The van der Waals surface area contributed by atoms with Gasteiger partial charge in [-0.15, -0.1) is 11.8 Å². The van der Waals surface area contributed by atoms with Crippen molar-refractivity contribution in [3.63, 3.8) is 0 Å². The first-order chi connectivity index (χ1) is 8.45. The smallest absolute Gasteiger partial charge is 0.336 e. The van der Waals surface area contributed by atoms with Crippen LogP contribution in [0.2, 0.25) is 0 Å².